The number of carbonyl (C=O) groups is 2. The molecule has 0 bridgehead atoms. The monoisotopic (exact) mass is 560 g/mol. The van der Waals surface area contributed by atoms with E-state index in [0.29, 0.717) is 23.4 Å². The number of aromatic amines is 1. The number of nitrogens with zero attached hydrogens (tertiary/aromatic N) is 1. The minimum absolute atomic E-state index is 0.0541. The maximum atomic E-state index is 12.8. The van der Waals surface area contributed by atoms with Crippen LogP contribution in [0.3, 0.4) is 0 Å². The fraction of sp³-hybridized carbons (Fsp3) is 0.375. The quantitative estimate of drug-likeness (QED) is 0.151. The number of unbranched alkanes of at least 4 members (excludes halogenated alkanes) is 2. The summed E-state index contributed by atoms with van der Waals surface area (Å²) in [6.45, 7) is 0. The van der Waals surface area contributed by atoms with Gasteiger partial charge in [0.1, 0.15) is 0 Å². The molecule has 1 fully saturated rings. The van der Waals surface area contributed by atoms with Crippen LogP contribution in [0.25, 0.3) is 11.0 Å². The van der Waals surface area contributed by atoms with Crippen molar-refractivity contribution in [2.75, 3.05) is 12.4 Å². The second-order valence-corrected chi connectivity index (χ2v) is 12.6. The van der Waals surface area contributed by atoms with Gasteiger partial charge in [-0.1, -0.05) is 0 Å². The number of ether oxygens (including phenoxy) is 1. The van der Waals surface area contributed by atoms with Gasteiger partial charge in [-0.2, -0.15) is 0 Å². The van der Waals surface area contributed by atoms with E-state index in [1.165, 1.54) is 13.2 Å². The summed E-state index contributed by atoms with van der Waals surface area (Å²) in [5.74, 6) is 0.303. The number of carbonyl (C=O) groups excluding carboxylic acids is 2. The molecule has 1 aromatic heterocycles. The molecule has 4 rings (SSSR count). The molecule has 9 nitrogen and oxygen atoms in total. The zero-order valence-corrected chi connectivity index (χ0v) is 22.0. The van der Waals surface area contributed by atoms with Crippen molar-refractivity contribution in [3.05, 3.63) is 42.5 Å². The first-order chi connectivity index (χ1) is 16.8. The van der Waals surface area contributed by atoms with E-state index in [-0.39, 0.29) is 44.2 Å². The molecule has 185 valence electrons. The van der Waals surface area contributed by atoms with Gasteiger partial charge in [0.05, 0.1) is 0 Å². The van der Waals surface area contributed by atoms with Crippen LogP contribution in [-0.4, -0.2) is 53.1 Å². The molecule has 1 aliphatic carbocycles. The molecular formula is C24H27AsN3O6S. The molecule has 1 saturated carbocycles. The third kappa shape index (κ3) is 7.08. The Hall–Kier alpha value is -2.84. The molecule has 0 atom stereocenters. The number of amides is 1. The summed E-state index contributed by atoms with van der Waals surface area (Å²) in [7, 11) is -2.60. The van der Waals surface area contributed by atoms with Gasteiger partial charge in [0, 0.05) is 5.92 Å². The number of H-pyrrole nitrogens is 1. The molecule has 0 unspecified atom stereocenters. The third-order valence-electron chi connectivity index (χ3n) is 5.54. The Morgan fingerprint density at radius 1 is 1.11 bits per heavy atom. The summed E-state index contributed by atoms with van der Waals surface area (Å²) in [6.07, 6.45) is 5.06. The average molecular weight is 560 g/mol. The number of hydrogen-bond acceptors (Lipinski definition) is 7. The number of methoxy groups -OCH3 is 1. The Balaban J connectivity index is 1.31. The van der Waals surface area contributed by atoms with Crippen molar-refractivity contribution in [3.8, 4) is 5.75 Å². The SMILES string of the molecule is COC(=O)CCCCC[As]c1ccc(S(=O)(=O)Oc2ccc3nc(NC(=O)C4CC4)[nH]c3c2)cc1. The van der Waals surface area contributed by atoms with E-state index in [1.54, 1.807) is 24.3 Å². The van der Waals surface area contributed by atoms with Gasteiger partial charge in [-0.25, -0.2) is 0 Å². The van der Waals surface area contributed by atoms with Crippen LogP contribution in [-0.2, 0) is 24.4 Å². The van der Waals surface area contributed by atoms with Gasteiger partial charge in [0.15, 0.2) is 0 Å². The van der Waals surface area contributed by atoms with Gasteiger partial charge < -0.3 is 0 Å². The molecular weight excluding hydrogens is 533 g/mol. The molecule has 2 N–H and O–H groups in total. The summed E-state index contributed by atoms with van der Waals surface area (Å²) in [5, 5.41) is 3.79. The second kappa shape index (κ2) is 11.3. The van der Waals surface area contributed by atoms with Crippen LogP contribution in [0.5, 0.6) is 5.75 Å². The van der Waals surface area contributed by atoms with Crippen LogP contribution in [0.15, 0.2) is 47.4 Å². The number of anilines is 1. The van der Waals surface area contributed by atoms with Gasteiger partial charge in [-0.3, -0.25) is 4.79 Å². The van der Waals surface area contributed by atoms with Crippen LogP contribution >= 0.6 is 0 Å². The molecule has 3 aromatic rings. The van der Waals surface area contributed by atoms with Crippen LogP contribution in [0.1, 0.15) is 38.5 Å². The molecule has 1 radical (unpaired) electrons. The molecule has 0 saturated heterocycles. The first-order valence-electron chi connectivity index (χ1n) is 11.4. The Labute approximate surface area is 210 Å². The fourth-order valence-corrected chi connectivity index (χ4v) is 6.45. The van der Waals surface area contributed by atoms with E-state index < -0.39 is 10.1 Å². The summed E-state index contributed by atoms with van der Waals surface area (Å²) >= 11 is -0.0711. The maximum absolute atomic E-state index is 12.8. The van der Waals surface area contributed by atoms with Crippen molar-refractivity contribution in [2.24, 2.45) is 5.92 Å². The van der Waals surface area contributed by atoms with Crippen molar-refractivity contribution in [3.63, 3.8) is 0 Å². The molecule has 0 aliphatic heterocycles. The van der Waals surface area contributed by atoms with Gasteiger partial charge >= 0.3 is 182 Å². The number of benzene rings is 2. The molecule has 11 heteroatoms. The van der Waals surface area contributed by atoms with Crippen molar-refractivity contribution in [2.45, 2.75) is 48.6 Å². The van der Waals surface area contributed by atoms with Crippen molar-refractivity contribution >= 4 is 59.1 Å². The summed E-state index contributed by atoms with van der Waals surface area (Å²) in [5.41, 5.74) is 1.16. The van der Waals surface area contributed by atoms with E-state index in [2.05, 4.69) is 20.0 Å². The topological polar surface area (TPSA) is 127 Å². The van der Waals surface area contributed by atoms with E-state index in [4.69, 9.17) is 4.18 Å². The third-order valence-corrected chi connectivity index (χ3v) is 9.32. The van der Waals surface area contributed by atoms with E-state index in [0.717, 1.165) is 41.7 Å². The van der Waals surface area contributed by atoms with Crippen molar-refractivity contribution < 1.29 is 26.9 Å². The number of aromatic nitrogens is 2. The predicted molar refractivity (Wildman–Crippen MR) is 132 cm³/mol. The van der Waals surface area contributed by atoms with Crippen LogP contribution < -0.4 is 13.9 Å². The van der Waals surface area contributed by atoms with E-state index >= 15 is 0 Å². The van der Waals surface area contributed by atoms with E-state index in [9.17, 15) is 18.0 Å². The first-order valence-corrected chi connectivity index (χ1v) is 15.1. The van der Waals surface area contributed by atoms with Crippen LogP contribution in [0.2, 0.25) is 5.21 Å². The zero-order chi connectivity index (χ0) is 24.8. The van der Waals surface area contributed by atoms with Gasteiger partial charge in [-0.15, -0.1) is 0 Å². The summed E-state index contributed by atoms with van der Waals surface area (Å²) in [6, 6.07) is 11.5. The second-order valence-electron chi connectivity index (χ2n) is 8.33. The molecule has 1 heterocycles. The van der Waals surface area contributed by atoms with Gasteiger partial charge in [-0.05, 0) is 12.8 Å². The Bertz CT molecular complexity index is 1300. The predicted octanol–water partition coefficient (Wildman–Crippen LogP) is 3.16. The first kappa shape index (κ1) is 25.3. The molecule has 1 amide bonds. The number of nitrogens with one attached hydrogen (secondary N) is 2. The Morgan fingerprint density at radius 3 is 2.60 bits per heavy atom. The van der Waals surface area contributed by atoms with Crippen molar-refractivity contribution in [1.82, 2.24) is 9.97 Å². The van der Waals surface area contributed by atoms with Gasteiger partial charge in [0.25, 0.3) is 0 Å². The zero-order valence-electron chi connectivity index (χ0n) is 19.3. The molecule has 1 aliphatic rings. The molecule has 35 heavy (non-hydrogen) atoms. The number of rotatable bonds is 12. The van der Waals surface area contributed by atoms with Gasteiger partial charge in [0.2, 0.25) is 5.91 Å². The molecule has 2 aromatic carbocycles. The Kier molecular flexibility index (Phi) is 8.13. The van der Waals surface area contributed by atoms with Crippen LogP contribution in [0.4, 0.5) is 5.95 Å². The van der Waals surface area contributed by atoms with E-state index in [1.807, 2.05) is 12.1 Å². The Morgan fingerprint density at radius 2 is 1.89 bits per heavy atom. The number of esters is 1. The van der Waals surface area contributed by atoms with Crippen molar-refractivity contribution in [1.29, 1.82) is 0 Å². The number of fused-ring (bicyclic) bond motifs is 1. The normalized spacial score (nSPS) is 13.9. The number of hydrogen-bond donors (Lipinski definition) is 2. The minimum atomic E-state index is -3.99. The van der Waals surface area contributed by atoms with Crippen LogP contribution in [0, 0.1) is 5.92 Å². The average Bonchev–Trinajstić information content (AvgIpc) is 3.62. The summed E-state index contributed by atoms with van der Waals surface area (Å²) in [4.78, 5) is 30.4. The number of imidazole rings is 1. The molecule has 0 spiro atoms. The fourth-order valence-electron chi connectivity index (χ4n) is 3.43. The standard InChI is InChI=1S/C24H27AsN3O6S/c1-33-22(29)5-3-2-4-14-25-17-8-11-19(12-9-17)35(31,32)34-18-10-13-20-21(15-18)27-24(26-20)28-23(30)16-6-7-16/h8-13,15-16H,2-7,14H2,1H3,(H2,26,27,28,30). The summed E-state index contributed by atoms with van der Waals surface area (Å²) < 4.78 is 36.6.